The summed E-state index contributed by atoms with van der Waals surface area (Å²) in [4.78, 5) is 11.4. The Hall–Kier alpha value is -2.60. The van der Waals surface area contributed by atoms with Crippen LogP contribution < -0.4 is 4.68 Å². The van der Waals surface area contributed by atoms with Crippen LogP contribution in [0.5, 0.6) is 0 Å². The molecule has 110 valence electrons. The first kappa shape index (κ1) is 14.3. The Labute approximate surface area is 130 Å². The van der Waals surface area contributed by atoms with E-state index in [9.17, 15) is 9.18 Å². The van der Waals surface area contributed by atoms with Crippen molar-refractivity contribution in [2.75, 3.05) is 0 Å². The second kappa shape index (κ2) is 6.03. The van der Waals surface area contributed by atoms with Crippen LogP contribution in [0, 0.1) is 5.82 Å². The lowest BCUT2D eigenvalue weighted by Crippen LogP contribution is -2.41. The number of tetrazole rings is 1. The molecule has 0 unspecified atom stereocenters. The molecule has 0 aliphatic heterocycles. The minimum absolute atomic E-state index is 0.249. The van der Waals surface area contributed by atoms with Crippen molar-refractivity contribution in [3.05, 3.63) is 70.8 Å². The molecule has 1 aromatic heterocycles. The Morgan fingerprint density at radius 1 is 1.23 bits per heavy atom. The van der Waals surface area contributed by atoms with Crippen LogP contribution in [0.3, 0.4) is 0 Å². The minimum atomic E-state index is -0.337. The molecule has 0 radical (unpaired) electrons. The van der Waals surface area contributed by atoms with Crippen molar-refractivity contribution in [1.29, 1.82) is 0 Å². The molecule has 0 N–H and O–H groups in total. The van der Waals surface area contributed by atoms with Gasteiger partial charge in [-0.15, -0.1) is 4.68 Å². The van der Waals surface area contributed by atoms with Gasteiger partial charge in [0, 0.05) is 5.02 Å². The Bertz CT molecular complexity index is 817. The molecule has 0 bridgehead atoms. The number of rotatable bonds is 4. The fraction of sp³-hybridized carbons (Fsp3) is 0.0667. The maximum Gasteiger partial charge on any atom is 0.327 e. The highest BCUT2D eigenvalue weighted by Gasteiger charge is 2.22. The van der Waals surface area contributed by atoms with Crippen molar-refractivity contribution in [3.63, 3.8) is 0 Å². The molecule has 22 heavy (non-hydrogen) atoms. The second-order valence-electron chi connectivity index (χ2n) is 4.63. The molecule has 1 heterocycles. The average molecular weight is 318 g/mol. The maximum absolute atomic E-state index is 13.2. The van der Waals surface area contributed by atoms with Gasteiger partial charge in [0.05, 0.1) is 0 Å². The van der Waals surface area contributed by atoms with E-state index in [1.54, 1.807) is 36.4 Å². The number of hydrogen-bond acceptors (Lipinski definition) is 3. The van der Waals surface area contributed by atoms with Gasteiger partial charge < -0.3 is 0 Å². The fourth-order valence-electron chi connectivity index (χ4n) is 2.09. The number of aromatic nitrogens is 4. The van der Waals surface area contributed by atoms with Gasteiger partial charge in [-0.05, 0) is 46.6 Å². The van der Waals surface area contributed by atoms with Crippen LogP contribution in [-0.4, -0.2) is 21.4 Å². The molecule has 7 heteroatoms. The predicted octanol–water partition coefficient (Wildman–Crippen LogP) is 2.21. The fourth-order valence-corrected chi connectivity index (χ4v) is 2.21. The number of carbonyl (C=O) groups is 1. The topological polar surface area (TPSA) is 51.7 Å². The van der Waals surface area contributed by atoms with Gasteiger partial charge in [-0.2, -0.15) is 0 Å². The van der Waals surface area contributed by atoms with Gasteiger partial charge in [0.25, 0.3) is 0 Å². The molecule has 3 rings (SSSR count). The summed E-state index contributed by atoms with van der Waals surface area (Å²) in [7, 11) is 0. The zero-order valence-electron chi connectivity index (χ0n) is 11.4. The normalized spacial score (nSPS) is 10.6. The third-order valence-corrected chi connectivity index (χ3v) is 3.37. The van der Waals surface area contributed by atoms with E-state index < -0.39 is 0 Å². The van der Waals surface area contributed by atoms with Crippen LogP contribution in [0.4, 0.5) is 4.39 Å². The summed E-state index contributed by atoms with van der Waals surface area (Å²) in [6.45, 7) is 0.249. The van der Waals surface area contributed by atoms with Crippen molar-refractivity contribution >= 4 is 17.9 Å². The summed E-state index contributed by atoms with van der Waals surface area (Å²) < 4.78 is 16.0. The predicted molar refractivity (Wildman–Crippen MR) is 77.5 cm³/mol. The Kier molecular flexibility index (Phi) is 3.93. The van der Waals surface area contributed by atoms with Gasteiger partial charge in [-0.3, -0.25) is 4.79 Å². The summed E-state index contributed by atoms with van der Waals surface area (Å²) >= 11 is 5.84. The summed E-state index contributed by atoms with van der Waals surface area (Å²) in [5.41, 5.74) is 1.35. The van der Waals surface area contributed by atoms with Crippen molar-refractivity contribution in [1.82, 2.24) is 15.1 Å². The van der Waals surface area contributed by atoms with E-state index in [-0.39, 0.29) is 18.2 Å². The first-order chi connectivity index (χ1) is 10.7. The standard InChI is InChI=1S/C15H11ClFN4O/c16-12-4-6-14(7-5-12)21-15(10-22)20(18-19-21)9-11-2-1-3-13(17)8-11/h1-8,10H,9H2/q+1. The summed E-state index contributed by atoms with van der Waals surface area (Å²) in [6, 6.07) is 13.0. The van der Waals surface area contributed by atoms with Crippen LogP contribution in [0.25, 0.3) is 5.69 Å². The van der Waals surface area contributed by atoms with Gasteiger partial charge >= 0.3 is 5.82 Å². The zero-order chi connectivity index (χ0) is 15.5. The molecule has 0 amide bonds. The Balaban J connectivity index is 1.97. The van der Waals surface area contributed by atoms with Crippen molar-refractivity contribution < 1.29 is 13.9 Å². The van der Waals surface area contributed by atoms with E-state index in [1.807, 2.05) is 0 Å². The maximum atomic E-state index is 13.2. The summed E-state index contributed by atoms with van der Waals surface area (Å²) in [5, 5.41) is 8.51. The second-order valence-corrected chi connectivity index (χ2v) is 5.07. The van der Waals surface area contributed by atoms with Crippen LogP contribution in [0.1, 0.15) is 16.2 Å². The lowest BCUT2D eigenvalue weighted by molar-refractivity contribution is -0.748. The van der Waals surface area contributed by atoms with Crippen molar-refractivity contribution in [3.8, 4) is 5.69 Å². The van der Waals surface area contributed by atoms with Crippen LogP contribution in [0.15, 0.2) is 48.5 Å². The lowest BCUT2D eigenvalue weighted by atomic mass is 10.2. The van der Waals surface area contributed by atoms with E-state index in [2.05, 4.69) is 10.4 Å². The third kappa shape index (κ3) is 2.87. The summed E-state index contributed by atoms with van der Waals surface area (Å²) in [5.74, 6) is -0.0811. The number of carbonyl (C=O) groups excluding carboxylic acids is 1. The number of nitrogens with zero attached hydrogens (tertiary/aromatic N) is 4. The quantitative estimate of drug-likeness (QED) is 0.547. The van der Waals surface area contributed by atoms with E-state index >= 15 is 0 Å². The molecular formula is C15H11ClFN4O+. The van der Waals surface area contributed by atoms with Crippen LogP contribution in [0.2, 0.25) is 5.02 Å². The first-order valence-electron chi connectivity index (χ1n) is 6.49. The molecule has 0 saturated heterocycles. The zero-order valence-corrected chi connectivity index (χ0v) is 12.1. The molecule has 0 fully saturated rings. The monoisotopic (exact) mass is 317 g/mol. The highest BCUT2D eigenvalue weighted by atomic mass is 35.5. The Morgan fingerprint density at radius 3 is 2.68 bits per heavy atom. The van der Waals surface area contributed by atoms with Gasteiger partial charge in [0.2, 0.25) is 6.29 Å². The average Bonchev–Trinajstić information content (AvgIpc) is 2.90. The highest BCUT2D eigenvalue weighted by molar-refractivity contribution is 6.30. The summed E-state index contributed by atoms with van der Waals surface area (Å²) in [6.07, 6.45) is 0.661. The van der Waals surface area contributed by atoms with Gasteiger partial charge in [-0.1, -0.05) is 23.7 Å². The van der Waals surface area contributed by atoms with E-state index in [0.29, 0.717) is 22.6 Å². The van der Waals surface area contributed by atoms with Gasteiger partial charge in [0.1, 0.15) is 23.3 Å². The van der Waals surface area contributed by atoms with E-state index in [4.69, 9.17) is 11.6 Å². The molecule has 0 saturated carbocycles. The SMILES string of the molecule is O=Cc1n(-c2ccc(Cl)cc2)nn[n+]1Cc1cccc(F)c1. The van der Waals surface area contributed by atoms with E-state index in [0.717, 1.165) is 0 Å². The number of hydrogen-bond donors (Lipinski definition) is 0. The smallest absolute Gasteiger partial charge is 0.291 e. The molecule has 0 aliphatic carbocycles. The van der Waals surface area contributed by atoms with Crippen LogP contribution in [-0.2, 0) is 6.54 Å². The van der Waals surface area contributed by atoms with E-state index in [1.165, 1.54) is 21.5 Å². The lowest BCUT2D eigenvalue weighted by Gasteiger charge is -1.98. The van der Waals surface area contributed by atoms with Gasteiger partial charge in [-0.25, -0.2) is 4.39 Å². The van der Waals surface area contributed by atoms with Crippen molar-refractivity contribution in [2.45, 2.75) is 6.54 Å². The van der Waals surface area contributed by atoms with Gasteiger partial charge in [0.15, 0.2) is 5.21 Å². The molecule has 5 nitrogen and oxygen atoms in total. The number of benzene rings is 2. The molecule has 0 atom stereocenters. The van der Waals surface area contributed by atoms with Crippen LogP contribution >= 0.6 is 11.6 Å². The number of aldehydes is 1. The Morgan fingerprint density at radius 2 is 2.00 bits per heavy atom. The molecule has 0 aliphatic rings. The minimum Gasteiger partial charge on any atom is -0.291 e. The molecular weight excluding hydrogens is 307 g/mol. The molecule has 3 aromatic rings. The molecule has 0 spiro atoms. The highest BCUT2D eigenvalue weighted by Crippen LogP contribution is 2.12. The van der Waals surface area contributed by atoms with Crippen molar-refractivity contribution in [2.24, 2.45) is 0 Å². The first-order valence-corrected chi connectivity index (χ1v) is 6.86. The largest absolute Gasteiger partial charge is 0.327 e. The number of halogens is 2. The molecule has 2 aromatic carbocycles. The third-order valence-electron chi connectivity index (χ3n) is 3.12.